The molecule has 1 aromatic rings. The van der Waals surface area contributed by atoms with Crippen LogP contribution in [0.15, 0.2) is 22.7 Å². The average Bonchev–Trinajstić information content (AvgIpc) is 2.23. The summed E-state index contributed by atoms with van der Waals surface area (Å²) in [6.45, 7) is 5.53. The highest BCUT2D eigenvalue weighted by Gasteiger charge is 2.14. The topological polar surface area (TPSA) is 20.3 Å². The Morgan fingerprint density at radius 2 is 2.06 bits per heavy atom. The molecule has 2 nitrogen and oxygen atoms in total. The molecular formula is C12H15BrClNO. The van der Waals surface area contributed by atoms with Crippen molar-refractivity contribution in [3.05, 3.63) is 33.3 Å². The number of benzene rings is 1. The van der Waals surface area contributed by atoms with E-state index in [0.29, 0.717) is 10.6 Å². The van der Waals surface area contributed by atoms with Crippen molar-refractivity contribution in [2.75, 3.05) is 13.1 Å². The first-order valence-electron chi connectivity index (χ1n) is 5.33. The average molecular weight is 305 g/mol. The van der Waals surface area contributed by atoms with Crippen LogP contribution in [-0.4, -0.2) is 23.9 Å². The molecule has 0 unspecified atom stereocenters. The maximum absolute atomic E-state index is 12.1. The number of rotatable bonds is 4. The Kier molecular flexibility index (Phi) is 5.29. The van der Waals surface area contributed by atoms with Gasteiger partial charge in [0.2, 0.25) is 0 Å². The van der Waals surface area contributed by atoms with E-state index in [1.54, 1.807) is 18.2 Å². The molecular weight excluding hydrogens is 289 g/mol. The number of hydrogen-bond donors (Lipinski definition) is 0. The highest BCUT2D eigenvalue weighted by atomic mass is 79.9. The molecule has 16 heavy (non-hydrogen) atoms. The van der Waals surface area contributed by atoms with Gasteiger partial charge in [-0.25, -0.2) is 0 Å². The summed E-state index contributed by atoms with van der Waals surface area (Å²) >= 11 is 9.25. The highest BCUT2D eigenvalue weighted by molar-refractivity contribution is 9.10. The van der Waals surface area contributed by atoms with Crippen LogP contribution in [0.25, 0.3) is 0 Å². The van der Waals surface area contributed by atoms with E-state index in [2.05, 4.69) is 22.9 Å². The predicted octanol–water partition coefficient (Wildman–Crippen LogP) is 3.97. The van der Waals surface area contributed by atoms with Crippen molar-refractivity contribution in [1.82, 2.24) is 4.90 Å². The number of amides is 1. The van der Waals surface area contributed by atoms with Crippen LogP contribution in [0.4, 0.5) is 0 Å². The molecule has 0 heterocycles. The second-order valence-corrected chi connectivity index (χ2v) is 4.90. The molecule has 0 aliphatic heterocycles. The second kappa shape index (κ2) is 6.26. The maximum atomic E-state index is 12.1. The third-order valence-electron chi connectivity index (χ3n) is 2.27. The molecule has 0 fully saturated rings. The van der Waals surface area contributed by atoms with Crippen molar-refractivity contribution in [2.45, 2.75) is 20.3 Å². The van der Waals surface area contributed by atoms with E-state index >= 15 is 0 Å². The van der Waals surface area contributed by atoms with Crippen LogP contribution in [-0.2, 0) is 0 Å². The molecule has 0 saturated carbocycles. The van der Waals surface area contributed by atoms with Crippen LogP contribution < -0.4 is 0 Å². The molecule has 1 aromatic carbocycles. The minimum absolute atomic E-state index is 0.0348. The van der Waals surface area contributed by atoms with Crippen molar-refractivity contribution in [2.24, 2.45) is 0 Å². The van der Waals surface area contributed by atoms with Crippen LogP contribution in [0.2, 0.25) is 5.02 Å². The number of carbonyl (C=O) groups is 1. The molecule has 0 N–H and O–H groups in total. The summed E-state index contributed by atoms with van der Waals surface area (Å²) in [7, 11) is 0. The van der Waals surface area contributed by atoms with Crippen molar-refractivity contribution < 1.29 is 4.79 Å². The van der Waals surface area contributed by atoms with Gasteiger partial charge in [-0.1, -0.05) is 34.5 Å². The minimum atomic E-state index is 0.0348. The van der Waals surface area contributed by atoms with E-state index in [4.69, 9.17) is 11.6 Å². The van der Waals surface area contributed by atoms with Gasteiger partial charge in [0.25, 0.3) is 5.91 Å². The van der Waals surface area contributed by atoms with Gasteiger partial charge in [0.05, 0.1) is 0 Å². The Labute approximate surface area is 110 Å². The Morgan fingerprint density at radius 3 is 2.56 bits per heavy atom. The molecule has 0 spiro atoms. The third kappa shape index (κ3) is 3.49. The van der Waals surface area contributed by atoms with Crippen molar-refractivity contribution in [3.63, 3.8) is 0 Å². The van der Waals surface area contributed by atoms with Crippen LogP contribution in [0, 0.1) is 0 Å². The van der Waals surface area contributed by atoms with Gasteiger partial charge < -0.3 is 4.90 Å². The molecule has 1 rings (SSSR count). The lowest BCUT2D eigenvalue weighted by molar-refractivity contribution is 0.0764. The van der Waals surface area contributed by atoms with Gasteiger partial charge in [0, 0.05) is 28.1 Å². The Morgan fingerprint density at radius 1 is 1.38 bits per heavy atom. The smallest absolute Gasteiger partial charge is 0.253 e. The first kappa shape index (κ1) is 13.5. The monoisotopic (exact) mass is 303 g/mol. The number of carbonyl (C=O) groups excluding carboxylic acids is 1. The van der Waals surface area contributed by atoms with Crippen molar-refractivity contribution in [1.29, 1.82) is 0 Å². The fourth-order valence-electron chi connectivity index (χ4n) is 1.53. The lowest BCUT2D eigenvalue weighted by Gasteiger charge is -2.20. The van der Waals surface area contributed by atoms with Gasteiger partial charge in [0.15, 0.2) is 0 Å². The van der Waals surface area contributed by atoms with E-state index in [9.17, 15) is 4.79 Å². The summed E-state index contributed by atoms with van der Waals surface area (Å²) in [6, 6.07) is 5.27. The lowest BCUT2D eigenvalue weighted by atomic mass is 10.2. The lowest BCUT2D eigenvalue weighted by Crippen LogP contribution is -2.31. The molecule has 0 atom stereocenters. The normalized spacial score (nSPS) is 10.2. The molecule has 0 aromatic heterocycles. The van der Waals surface area contributed by atoms with E-state index in [-0.39, 0.29) is 5.91 Å². The van der Waals surface area contributed by atoms with E-state index < -0.39 is 0 Å². The largest absolute Gasteiger partial charge is 0.339 e. The predicted molar refractivity (Wildman–Crippen MR) is 71.0 cm³/mol. The van der Waals surface area contributed by atoms with Gasteiger partial charge in [0.1, 0.15) is 0 Å². The fraction of sp³-hybridized carbons (Fsp3) is 0.417. The molecule has 0 bridgehead atoms. The molecule has 0 aliphatic carbocycles. The van der Waals surface area contributed by atoms with Crippen LogP contribution >= 0.6 is 27.5 Å². The number of halogens is 2. The second-order valence-electron chi connectivity index (χ2n) is 3.54. The molecule has 0 radical (unpaired) electrons. The van der Waals surface area contributed by atoms with E-state index in [1.807, 2.05) is 11.8 Å². The zero-order valence-electron chi connectivity index (χ0n) is 9.46. The Bertz CT molecular complexity index is 361. The van der Waals surface area contributed by atoms with E-state index in [1.165, 1.54) is 0 Å². The van der Waals surface area contributed by atoms with Crippen molar-refractivity contribution >= 4 is 33.4 Å². The number of nitrogens with zero attached hydrogens (tertiary/aromatic N) is 1. The van der Waals surface area contributed by atoms with Crippen LogP contribution in [0.5, 0.6) is 0 Å². The zero-order valence-corrected chi connectivity index (χ0v) is 11.8. The summed E-state index contributed by atoms with van der Waals surface area (Å²) in [4.78, 5) is 13.9. The third-order valence-corrected chi connectivity index (χ3v) is 2.95. The summed E-state index contributed by atoms with van der Waals surface area (Å²) in [5.41, 5.74) is 0.634. The quantitative estimate of drug-likeness (QED) is 0.824. The number of hydrogen-bond acceptors (Lipinski definition) is 1. The standard InChI is InChI=1S/C12H15BrClNO/c1-3-5-15(4-2)12(16)9-6-10(13)8-11(14)7-9/h6-8H,3-5H2,1-2H3. The fourth-order valence-corrected chi connectivity index (χ4v) is 2.39. The SMILES string of the molecule is CCCN(CC)C(=O)c1cc(Cl)cc(Br)c1. The van der Waals surface area contributed by atoms with Crippen LogP contribution in [0.1, 0.15) is 30.6 Å². The Hall–Kier alpha value is -0.540. The first-order valence-corrected chi connectivity index (χ1v) is 6.51. The first-order chi connectivity index (χ1) is 7.58. The minimum Gasteiger partial charge on any atom is -0.339 e. The van der Waals surface area contributed by atoms with Gasteiger partial charge in [-0.2, -0.15) is 0 Å². The molecule has 1 amide bonds. The maximum Gasteiger partial charge on any atom is 0.253 e. The van der Waals surface area contributed by atoms with Crippen molar-refractivity contribution in [3.8, 4) is 0 Å². The summed E-state index contributed by atoms with van der Waals surface area (Å²) in [5.74, 6) is 0.0348. The van der Waals surface area contributed by atoms with Crippen LogP contribution in [0.3, 0.4) is 0 Å². The summed E-state index contributed by atoms with van der Waals surface area (Å²) in [6.07, 6.45) is 0.960. The highest BCUT2D eigenvalue weighted by Crippen LogP contribution is 2.20. The van der Waals surface area contributed by atoms with E-state index in [0.717, 1.165) is 24.0 Å². The summed E-state index contributed by atoms with van der Waals surface area (Å²) in [5, 5.41) is 0.574. The molecule has 4 heteroatoms. The summed E-state index contributed by atoms with van der Waals surface area (Å²) < 4.78 is 0.830. The van der Waals surface area contributed by atoms with Gasteiger partial charge in [-0.05, 0) is 31.5 Å². The van der Waals surface area contributed by atoms with Gasteiger partial charge in [-0.15, -0.1) is 0 Å². The molecule has 0 aliphatic rings. The van der Waals surface area contributed by atoms with Gasteiger partial charge >= 0.3 is 0 Å². The Balaban J connectivity index is 2.94. The molecule has 0 saturated heterocycles. The zero-order chi connectivity index (χ0) is 12.1. The van der Waals surface area contributed by atoms with Gasteiger partial charge in [-0.3, -0.25) is 4.79 Å². The molecule has 88 valence electrons.